The van der Waals surface area contributed by atoms with Gasteiger partial charge in [0.05, 0.1) is 25.9 Å². The quantitative estimate of drug-likeness (QED) is 0.193. The minimum Gasteiger partial charge on any atom is -0.493 e. The Bertz CT molecular complexity index is 838. The number of benzene rings is 1. The molecule has 0 unspecified atom stereocenters. The van der Waals surface area contributed by atoms with Gasteiger partial charge >= 0.3 is 0 Å². The Morgan fingerprint density at radius 1 is 1.12 bits per heavy atom. The molecule has 0 bridgehead atoms. The molecular weight excluding hydrogens is 534 g/mol. The topological polar surface area (TPSA) is 127 Å². The van der Waals surface area contributed by atoms with Crippen LogP contribution in [0.3, 0.4) is 0 Å². The van der Waals surface area contributed by atoms with Crippen molar-refractivity contribution in [3.63, 3.8) is 0 Å². The summed E-state index contributed by atoms with van der Waals surface area (Å²) in [7, 11) is 3.31. The second-order valence-corrected chi connectivity index (χ2v) is 11.4. The van der Waals surface area contributed by atoms with E-state index in [1.54, 1.807) is 14.2 Å². The van der Waals surface area contributed by atoms with Crippen LogP contribution in [0.4, 0.5) is 0 Å². The number of piperidine rings is 1. The van der Waals surface area contributed by atoms with Gasteiger partial charge in [0, 0.05) is 58.3 Å². The molecule has 5 N–H and O–H groups in total. The lowest BCUT2D eigenvalue weighted by Gasteiger charge is -2.30. The Hall–Kier alpha value is -1.62. The minimum absolute atomic E-state index is 0. The van der Waals surface area contributed by atoms with Crippen molar-refractivity contribution < 1.29 is 29.2 Å². The molecule has 1 amide bonds. The third-order valence-corrected chi connectivity index (χ3v) is 7.82. The first kappa shape index (κ1) is 36.4. The molecule has 0 spiro atoms. The Kier molecular flexibility index (Phi) is 17.7. The molecule has 1 fully saturated rings. The molecule has 2 rings (SSSR count). The second kappa shape index (κ2) is 19.5. The summed E-state index contributed by atoms with van der Waals surface area (Å²) in [6.07, 6.45) is 3.20. The van der Waals surface area contributed by atoms with Crippen LogP contribution in [-0.4, -0.2) is 92.9 Å². The Labute approximate surface area is 247 Å². The lowest BCUT2D eigenvalue weighted by molar-refractivity contribution is -0.125. The molecule has 0 saturated carbocycles. The van der Waals surface area contributed by atoms with Crippen molar-refractivity contribution in [1.29, 1.82) is 0 Å². The molecule has 0 aliphatic carbocycles. The summed E-state index contributed by atoms with van der Waals surface area (Å²) >= 11 is 0. The molecule has 1 aromatic rings. The summed E-state index contributed by atoms with van der Waals surface area (Å²) in [4.78, 5) is 14.9. The van der Waals surface area contributed by atoms with E-state index in [0.717, 1.165) is 56.6 Å². The number of methoxy groups -OCH3 is 2. The molecular formula is C30H54ClN3O6. The number of nitrogens with one attached hydrogen (secondary N) is 1. The Morgan fingerprint density at radius 3 is 2.45 bits per heavy atom. The van der Waals surface area contributed by atoms with Gasteiger partial charge in [-0.1, -0.05) is 26.8 Å². The number of carbonyl (C=O) groups excluding carboxylic acids is 1. The molecule has 1 heterocycles. The number of nitrogens with two attached hydrogens (primary N) is 1. The van der Waals surface area contributed by atoms with Crippen LogP contribution in [0.15, 0.2) is 18.2 Å². The third-order valence-electron chi connectivity index (χ3n) is 7.82. The molecule has 4 atom stereocenters. The summed E-state index contributed by atoms with van der Waals surface area (Å²) in [6, 6.07) is 5.59. The summed E-state index contributed by atoms with van der Waals surface area (Å²) in [6.45, 7) is 10.4. The van der Waals surface area contributed by atoms with Crippen LogP contribution in [0.1, 0.15) is 58.4 Å². The van der Waals surface area contributed by atoms with Crippen molar-refractivity contribution >= 4 is 18.3 Å². The highest BCUT2D eigenvalue weighted by atomic mass is 35.5. The predicted octanol–water partition coefficient (Wildman–Crippen LogP) is 3.02. The molecule has 10 heteroatoms. The van der Waals surface area contributed by atoms with Crippen molar-refractivity contribution in [1.82, 2.24) is 10.2 Å². The van der Waals surface area contributed by atoms with E-state index >= 15 is 0 Å². The average Bonchev–Trinajstić information content (AvgIpc) is 2.91. The number of rotatable bonds is 18. The number of amides is 1. The molecule has 0 radical (unpaired) electrons. The fraction of sp³-hybridized carbons (Fsp3) is 0.767. The number of likely N-dealkylation sites (tertiary alicyclic amines) is 1. The van der Waals surface area contributed by atoms with Crippen LogP contribution in [0.2, 0.25) is 0 Å². The van der Waals surface area contributed by atoms with Crippen LogP contribution in [0.25, 0.3) is 0 Å². The molecule has 1 aliphatic heterocycles. The molecule has 1 aliphatic rings. The predicted molar refractivity (Wildman–Crippen MR) is 161 cm³/mol. The lowest BCUT2D eigenvalue weighted by Crippen LogP contribution is -2.43. The van der Waals surface area contributed by atoms with E-state index in [0.29, 0.717) is 44.3 Å². The SMILES string of the molecule is COCCCOc1cc(C[C@@H](C[C@H](N)[C@@H](O)C[C@@H](C)C(=O)NCCN2CCC(O)CC2)C(C)C)ccc1OC.Cl. The van der Waals surface area contributed by atoms with E-state index in [4.69, 9.17) is 19.9 Å². The average molecular weight is 588 g/mol. The zero-order valence-corrected chi connectivity index (χ0v) is 26.0. The summed E-state index contributed by atoms with van der Waals surface area (Å²) in [5, 5.41) is 23.5. The van der Waals surface area contributed by atoms with Crippen molar-refractivity contribution in [2.45, 2.75) is 77.5 Å². The zero-order valence-electron chi connectivity index (χ0n) is 25.1. The van der Waals surface area contributed by atoms with E-state index in [2.05, 4.69) is 30.1 Å². The van der Waals surface area contributed by atoms with Crippen molar-refractivity contribution in [2.75, 3.05) is 53.6 Å². The van der Waals surface area contributed by atoms with E-state index in [9.17, 15) is 15.0 Å². The van der Waals surface area contributed by atoms with Crippen LogP contribution in [0.5, 0.6) is 11.5 Å². The van der Waals surface area contributed by atoms with Gasteiger partial charge in [-0.3, -0.25) is 4.79 Å². The maximum absolute atomic E-state index is 12.6. The number of aliphatic hydroxyl groups is 2. The smallest absolute Gasteiger partial charge is 0.222 e. The Balaban J connectivity index is 0.00000800. The summed E-state index contributed by atoms with van der Waals surface area (Å²) < 4.78 is 16.5. The van der Waals surface area contributed by atoms with Crippen molar-refractivity contribution in [2.24, 2.45) is 23.5 Å². The molecule has 0 aromatic heterocycles. The fourth-order valence-electron chi connectivity index (χ4n) is 5.05. The highest BCUT2D eigenvalue weighted by Crippen LogP contribution is 2.31. The van der Waals surface area contributed by atoms with Gasteiger partial charge in [-0.25, -0.2) is 0 Å². The van der Waals surface area contributed by atoms with Gasteiger partial charge in [-0.15, -0.1) is 12.4 Å². The number of nitrogens with zero attached hydrogens (tertiary/aromatic N) is 1. The molecule has 40 heavy (non-hydrogen) atoms. The van der Waals surface area contributed by atoms with Crippen molar-refractivity contribution in [3.05, 3.63) is 23.8 Å². The fourth-order valence-corrected chi connectivity index (χ4v) is 5.05. The van der Waals surface area contributed by atoms with E-state index in [1.807, 2.05) is 19.1 Å². The van der Waals surface area contributed by atoms with Crippen LogP contribution in [-0.2, 0) is 16.0 Å². The zero-order chi connectivity index (χ0) is 28.8. The Morgan fingerprint density at radius 2 is 1.82 bits per heavy atom. The number of ether oxygens (including phenoxy) is 3. The summed E-state index contributed by atoms with van der Waals surface area (Å²) in [5.74, 6) is 1.66. The minimum atomic E-state index is -0.758. The van der Waals surface area contributed by atoms with E-state index in [1.165, 1.54) is 0 Å². The largest absolute Gasteiger partial charge is 0.493 e. The van der Waals surface area contributed by atoms with Gasteiger partial charge in [0.15, 0.2) is 11.5 Å². The monoisotopic (exact) mass is 587 g/mol. The standard InChI is InChI=1S/C30H53N3O6.ClH/c1-21(2)24(18-23-7-8-28(38-5)29(19-23)39-16-6-15-37-4)20-26(31)27(35)17-22(3)30(36)32-11-14-33-12-9-25(34)10-13-33;/h7-8,19,21-22,24-27,34-35H,6,9-18,20,31H2,1-5H3,(H,32,36);1H/t22-,24+,26+,27+;/m1./s1. The molecule has 1 aromatic carbocycles. The van der Waals surface area contributed by atoms with Gasteiger partial charge < -0.3 is 40.4 Å². The van der Waals surface area contributed by atoms with E-state index in [-0.39, 0.29) is 36.3 Å². The number of carbonyl (C=O) groups is 1. The molecule has 9 nitrogen and oxygen atoms in total. The van der Waals surface area contributed by atoms with Gasteiger partial charge in [0.25, 0.3) is 0 Å². The first-order valence-corrected chi connectivity index (χ1v) is 14.5. The van der Waals surface area contributed by atoms with Gasteiger partial charge in [-0.05, 0) is 61.6 Å². The van der Waals surface area contributed by atoms with Crippen LogP contribution >= 0.6 is 12.4 Å². The molecule has 1 saturated heterocycles. The van der Waals surface area contributed by atoms with E-state index < -0.39 is 12.1 Å². The van der Waals surface area contributed by atoms with Crippen LogP contribution in [0, 0.1) is 17.8 Å². The maximum atomic E-state index is 12.6. The lowest BCUT2D eigenvalue weighted by atomic mass is 9.82. The third kappa shape index (κ3) is 12.9. The maximum Gasteiger partial charge on any atom is 0.222 e. The van der Waals surface area contributed by atoms with Gasteiger partial charge in [-0.2, -0.15) is 0 Å². The highest BCUT2D eigenvalue weighted by Gasteiger charge is 2.26. The van der Waals surface area contributed by atoms with Gasteiger partial charge in [0.2, 0.25) is 5.91 Å². The summed E-state index contributed by atoms with van der Waals surface area (Å²) in [5.41, 5.74) is 7.60. The second-order valence-electron chi connectivity index (χ2n) is 11.4. The van der Waals surface area contributed by atoms with Gasteiger partial charge in [0.1, 0.15) is 0 Å². The van der Waals surface area contributed by atoms with Crippen molar-refractivity contribution in [3.8, 4) is 11.5 Å². The first-order valence-electron chi connectivity index (χ1n) is 14.5. The number of aliphatic hydroxyl groups excluding tert-OH is 2. The first-order chi connectivity index (χ1) is 18.6. The normalized spacial score (nSPS) is 17.5. The van der Waals surface area contributed by atoms with Crippen LogP contribution < -0.4 is 20.5 Å². The number of halogens is 1. The highest BCUT2D eigenvalue weighted by molar-refractivity contribution is 5.85. The number of hydrogen-bond donors (Lipinski definition) is 4. The number of hydrogen-bond acceptors (Lipinski definition) is 8. The molecule has 232 valence electrons.